The van der Waals surface area contributed by atoms with Crippen molar-refractivity contribution in [1.82, 2.24) is 10.2 Å². The Morgan fingerprint density at radius 3 is 2.40 bits per heavy atom. The van der Waals surface area contributed by atoms with Gasteiger partial charge in [0.2, 0.25) is 0 Å². The van der Waals surface area contributed by atoms with Crippen molar-refractivity contribution in [3.05, 3.63) is 35.9 Å². The summed E-state index contributed by atoms with van der Waals surface area (Å²) in [5.74, 6) is 0.919. The average Bonchev–Trinajstić information content (AvgIpc) is 2.98. The summed E-state index contributed by atoms with van der Waals surface area (Å²) in [5, 5.41) is 3.53. The normalized spacial score (nSPS) is 19.4. The van der Waals surface area contributed by atoms with Gasteiger partial charge in [-0.25, -0.2) is 0 Å². The number of benzene rings is 1. The van der Waals surface area contributed by atoms with Crippen molar-refractivity contribution in [2.24, 2.45) is 5.92 Å². The maximum absolute atomic E-state index is 3.53. The molecule has 2 atom stereocenters. The summed E-state index contributed by atoms with van der Waals surface area (Å²) < 4.78 is 0. The fourth-order valence-electron chi connectivity index (χ4n) is 3.78. The number of hydrogen-bond acceptors (Lipinski definition) is 2. The lowest BCUT2D eigenvalue weighted by molar-refractivity contribution is 0.165. The first-order valence-corrected chi connectivity index (χ1v) is 8.18. The number of rotatable bonds is 7. The molecule has 0 radical (unpaired) electrons. The summed E-state index contributed by atoms with van der Waals surface area (Å²) in [7, 11) is 4.39. The second-order valence-electron chi connectivity index (χ2n) is 6.24. The van der Waals surface area contributed by atoms with E-state index in [1.54, 1.807) is 0 Å². The molecule has 1 aliphatic rings. The zero-order chi connectivity index (χ0) is 14.4. The fourth-order valence-corrected chi connectivity index (χ4v) is 3.78. The van der Waals surface area contributed by atoms with Crippen LogP contribution < -0.4 is 5.32 Å². The minimum absolute atomic E-state index is 0.424. The maximum atomic E-state index is 3.53. The van der Waals surface area contributed by atoms with Gasteiger partial charge in [0.1, 0.15) is 0 Å². The van der Waals surface area contributed by atoms with Crippen molar-refractivity contribution >= 4 is 0 Å². The maximum Gasteiger partial charge on any atom is 0.0475 e. The van der Waals surface area contributed by atoms with Crippen LogP contribution in [0.5, 0.6) is 0 Å². The van der Waals surface area contributed by atoms with Crippen molar-refractivity contribution in [3.8, 4) is 0 Å². The summed E-state index contributed by atoms with van der Waals surface area (Å²) in [6.45, 7) is 3.56. The molecule has 0 amide bonds. The lowest BCUT2D eigenvalue weighted by Gasteiger charge is -2.35. The van der Waals surface area contributed by atoms with Crippen LogP contribution >= 0.6 is 0 Å². The third-order valence-corrected chi connectivity index (χ3v) is 4.86. The van der Waals surface area contributed by atoms with E-state index in [-0.39, 0.29) is 0 Å². The van der Waals surface area contributed by atoms with Gasteiger partial charge < -0.3 is 10.2 Å². The Balaban J connectivity index is 2.04. The second-order valence-corrected chi connectivity index (χ2v) is 6.24. The zero-order valence-electron chi connectivity index (χ0n) is 13.3. The summed E-state index contributed by atoms with van der Waals surface area (Å²) in [4.78, 5) is 2.59. The van der Waals surface area contributed by atoms with Crippen LogP contribution in [0.25, 0.3) is 0 Å². The van der Waals surface area contributed by atoms with Crippen LogP contribution in [-0.4, -0.2) is 31.6 Å². The highest BCUT2D eigenvalue weighted by Crippen LogP contribution is 2.28. The molecule has 1 aromatic rings. The number of hydrogen-bond donors (Lipinski definition) is 1. The molecule has 0 bridgehead atoms. The molecule has 0 aliphatic heterocycles. The highest BCUT2D eigenvalue weighted by molar-refractivity contribution is 5.20. The number of nitrogens with one attached hydrogen (secondary N) is 1. The topological polar surface area (TPSA) is 15.3 Å². The van der Waals surface area contributed by atoms with Crippen LogP contribution in [-0.2, 0) is 0 Å². The van der Waals surface area contributed by atoms with Crippen molar-refractivity contribution in [3.63, 3.8) is 0 Å². The summed E-state index contributed by atoms with van der Waals surface area (Å²) in [6, 6.07) is 11.9. The van der Waals surface area contributed by atoms with Crippen molar-refractivity contribution < 1.29 is 0 Å². The van der Waals surface area contributed by atoms with Gasteiger partial charge >= 0.3 is 0 Å². The molecule has 1 saturated carbocycles. The summed E-state index contributed by atoms with van der Waals surface area (Å²) >= 11 is 0. The quantitative estimate of drug-likeness (QED) is 0.812. The molecule has 1 aliphatic carbocycles. The Morgan fingerprint density at radius 1 is 1.20 bits per heavy atom. The largest absolute Gasteiger partial charge is 0.312 e. The van der Waals surface area contributed by atoms with Gasteiger partial charge in [0, 0.05) is 18.6 Å². The van der Waals surface area contributed by atoms with E-state index in [0.717, 1.165) is 5.92 Å². The molecule has 2 heteroatoms. The SMILES string of the molecule is CCC(C(NC)c1ccccc1)N(C)CC1CCCC1. The van der Waals surface area contributed by atoms with Gasteiger partial charge in [0.15, 0.2) is 0 Å². The van der Waals surface area contributed by atoms with E-state index < -0.39 is 0 Å². The van der Waals surface area contributed by atoms with Crippen LogP contribution in [0, 0.1) is 5.92 Å². The van der Waals surface area contributed by atoms with Crippen molar-refractivity contribution in [1.29, 1.82) is 0 Å². The van der Waals surface area contributed by atoms with Crippen molar-refractivity contribution in [2.75, 3.05) is 20.6 Å². The van der Waals surface area contributed by atoms with Crippen LogP contribution in [0.1, 0.15) is 50.6 Å². The predicted molar refractivity (Wildman–Crippen MR) is 86.9 cm³/mol. The molecule has 0 heterocycles. The molecule has 112 valence electrons. The first-order valence-electron chi connectivity index (χ1n) is 8.18. The summed E-state index contributed by atoms with van der Waals surface area (Å²) in [6.07, 6.45) is 6.91. The Hall–Kier alpha value is -0.860. The summed E-state index contributed by atoms with van der Waals surface area (Å²) in [5.41, 5.74) is 1.40. The minimum atomic E-state index is 0.424. The van der Waals surface area contributed by atoms with Gasteiger partial charge in [-0.15, -0.1) is 0 Å². The third kappa shape index (κ3) is 3.83. The molecule has 20 heavy (non-hydrogen) atoms. The minimum Gasteiger partial charge on any atom is -0.312 e. The van der Waals surface area contributed by atoms with E-state index in [1.807, 2.05) is 0 Å². The van der Waals surface area contributed by atoms with Crippen LogP contribution in [0.2, 0.25) is 0 Å². The smallest absolute Gasteiger partial charge is 0.0475 e. The molecule has 2 rings (SSSR count). The molecule has 2 nitrogen and oxygen atoms in total. The fraction of sp³-hybridized carbons (Fsp3) is 0.667. The van der Waals surface area contributed by atoms with E-state index in [4.69, 9.17) is 0 Å². The Bertz CT molecular complexity index is 370. The van der Waals surface area contributed by atoms with Crippen molar-refractivity contribution in [2.45, 2.75) is 51.1 Å². The van der Waals surface area contributed by atoms with E-state index in [0.29, 0.717) is 12.1 Å². The van der Waals surface area contributed by atoms with E-state index in [2.05, 4.69) is 61.6 Å². The third-order valence-electron chi connectivity index (χ3n) is 4.86. The zero-order valence-corrected chi connectivity index (χ0v) is 13.3. The lowest BCUT2D eigenvalue weighted by Crippen LogP contribution is -2.43. The molecule has 1 N–H and O–H groups in total. The standard InChI is InChI=1S/C18H30N2/c1-4-17(20(3)14-15-10-8-9-11-15)18(19-2)16-12-6-5-7-13-16/h5-7,12-13,15,17-19H,4,8-11,14H2,1-3H3. The van der Waals surface area contributed by atoms with Gasteiger partial charge in [0.05, 0.1) is 0 Å². The highest BCUT2D eigenvalue weighted by atomic mass is 15.2. The Morgan fingerprint density at radius 2 is 1.85 bits per heavy atom. The number of likely N-dealkylation sites (N-methyl/N-ethyl adjacent to an activating group) is 2. The average molecular weight is 274 g/mol. The first-order chi connectivity index (χ1) is 9.76. The highest BCUT2D eigenvalue weighted by Gasteiger charge is 2.26. The van der Waals surface area contributed by atoms with Crippen LogP contribution in [0.4, 0.5) is 0 Å². The van der Waals surface area contributed by atoms with Gasteiger partial charge in [-0.2, -0.15) is 0 Å². The molecular formula is C18H30N2. The number of nitrogens with zero attached hydrogens (tertiary/aromatic N) is 1. The van der Waals surface area contributed by atoms with Crippen LogP contribution in [0.15, 0.2) is 30.3 Å². The van der Waals surface area contributed by atoms with Gasteiger partial charge in [-0.1, -0.05) is 50.1 Å². The van der Waals surface area contributed by atoms with Gasteiger partial charge in [-0.3, -0.25) is 0 Å². The molecular weight excluding hydrogens is 244 g/mol. The van der Waals surface area contributed by atoms with E-state index >= 15 is 0 Å². The Kier molecular flexibility index (Phi) is 6.06. The molecule has 1 fully saturated rings. The molecule has 0 saturated heterocycles. The second kappa shape index (κ2) is 7.80. The molecule has 0 aromatic heterocycles. The molecule has 1 aromatic carbocycles. The Labute approximate surface area is 124 Å². The van der Waals surface area contributed by atoms with E-state index in [9.17, 15) is 0 Å². The van der Waals surface area contributed by atoms with Gasteiger partial charge in [0.25, 0.3) is 0 Å². The monoisotopic (exact) mass is 274 g/mol. The molecule has 2 unspecified atom stereocenters. The lowest BCUT2D eigenvalue weighted by atomic mass is 9.95. The predicted octanol–water partition coefficient (Wildman–Crippen LogP) is 3.85. The van der Waals surface area contributed by atoms with Gasteiger partial charge in [-0.05, 0) is 44.8 Å². The molecule has 0 spiro atoms. The van der Waals surface area contributed by atoms with Crippen LogP contribution in [0.3, 0.4) is 0 Å². The first kappa shape index (κ1) is 15.5. The van der Waals surface area contributed by atoms with E-state index in [1.165, 1.54) is 44.2 Å².